The number of aromatic nitrogens is 1. The SMILES string of the molecule is Cc1cccc(=O)n1CCC(=O)N1CCC2(CC1)C(=O)N(C)C(=O)N2C. The van der Waals surface area contributed by atoms with E-state index in [1.54, 1.807) is 22.6 Å². The van der Waals surface area contributed by atoms with E-state index in [2.05, 4.69) is 0 Å². The fraction of sp³-hybridized carbons (Fsp3) is 0.556. The van der Waals surface area contributed by atoms with Gasteiger partial charge in [0, 0.05) is 51.9 Å². The molecule has 2 aliphatic heterocycles. The molecule has 140 valence electrons. The number of pyridine rings is 1. The van der Waals surface area contributed by atoms with Crippen molar-refractivity contribution in [1.29, 1.82) is 0 Å². The molecule has 0 bridgehead atoms. The summed E-state index contributed by atoms with van der Waals surface area (Å²) in [4.78, 5) is 53.3. The lowest BCUT2D eigenvalue weighted by molar-refractivity contribution is -0.140. The number of carbonyl (C=O) groups is 3. The summed E-state index contributed by atoms with van der Waals surface area (Å²) in [6.45, 7) is 3.04. The summed E-state index contributed by atoms with van der Waals surface area (Å²) in [6.07, 6.45) is 1.11. The standard InChI is InChI=1S/C18H24N4O4/c1-13-5-4-6-15(24)22(13)10-7-14(23)21-11-8-18(9-12-21)16(25)19(2)17(26)20(18)3/h4-6H,7-12H2,1-3H3. The third kappa shape index (κ3) is 2.79. The summed E-state index contributed by atoms with van der Waals surface area (Å²) in [7, 11) is 3.14. The Morgan fingerprint density at radius 2 is 1.77 bits per heavy atom. The van der Waals surface area contributed by atoms with Crippen molar-refractivity contribution < 1.29 is 14.4 Å². The zero-order chi connectivity index (χ0) is 19.1. The number of likely N-dealkylation sites (tertiary alicyclic amines) is 1. The zero-order valence-corrected chi connectivity index (χ0v) is 15.4. The number of carbonyl (C=O) groups excluding carboxylic acids is 3. The summed E-state index contributed by atoms with van der Waals surface area (Å²) in [5.74, 6) is -0.230. The lowest BCUT2D eigenvalue weighted by atomic mass is 9.86. The lowest BCUT2D eigenvalue weighted by Gasteiger charge is -2.40. The predicted molar refractivity (Wildman–Crippen MR) is 94.5 cm³/mol. The molecule has 0 radical (unpaired) electrons. The molecule has 8 heteroatoms. The first-order chi connectivity index (χ1) is 12.3. The fourth-order valence-corrected chi connectivity index (χ4v) is 3.90. The van der Waals surface area contributed by atoms with Gasteiger partial charge in [-0.3, -0.25) is 19.3 Å². The van der Waals surface area contributed by atoms with E-state index in [1.807, 2.05) is 13.0 Å². The molecule has 1 aromatic heterocycles. The van der Waals surface area contributed by atoms with Crippen LogP contribution < -0.4 is 5.56 Å². The average Bonchev–Trinajstić information content (AvgIpc) is 2.78. The first-order valence-electron chi connectivity index (χ1n) is 8.78. The Morgan fingerprint density at radius 3 is 2.31 bits per heavy atom. The first-order valence-corrected chi connectivity index (χ1v) is 8.78. The highest BCUT2D eigenvalue weighted by Crippen LogP contribution is 2.35. The molecular formula is C18H24N4O4. The Balaban J connectivity index is 1.62. The Hall–Kier alpha value is -2.64. The number of hydrogen-bond acceptors (Lipinski definition) is 4. The highest BCUT2D eigenvalue weighted by Gasteiger charge is 2.55. The average molecular weight is 360 g/mol. The minimum absolute atomic E-state index is 0.0391. The van der Waals surface area contributed by atoms with Crippen LogP contribution in [-0.2, 0) is 16.1 Å². The lowest BCUT2D eigenvalue weighted by Crippen LogP contribution is -2.56. The molecule has 8 nitrogen and oxygen atoms in total. The number of piperidine rings is 1. The van der Waals surface area contributed by atoms with Gasteiger partial charge in [-0.15, -0.1) is 0 Å². The van der Waals surface area contributed by atoms with Crippen LogP contribution in [0.4, 0.5) is 4.79 Å². The van der Waals surface area contributed by atoms with E-state index >= 15 is 0 Å². The molecule has 0 aliphatic carbocycles. The molecular weight excluding hydrogens is 336 g/mol. The number of rotatable bonds is 3. The molecule has 4 amide bonds. The van der Waals surface area contributed by atoms with Crippen LogP contribution in [0, 0.1) is 6.92 Å². The maximum Gasteiger partial charge on any atom is 0.327 e. The Bertz CT molecular complexity index is 808. The van der Waals surface area contributed by atoms with Gasteiger partial charge in [0.25, 0.3) is 11.5 Å². The molecule has 1 spiro atoms. The van der Waals surface area contributed by atoms with Gasteiger partial charge in [-0.2, -0.15) is 0 Å². The fourth-order valence-electron chi connectivity index (χ4n) is 3.90. The Labute approximate surface area is 152 Å². The molecule has 0 N–H and O–H groups in total. The van der Waals surface area contributed by atoms with E-state index in [1.165, 1.54) is 18.0 Å². The van der Waals surface area contributed by atoms with Crippen molar-refractivity contribution in [3.63, 3.8) is 0 Å². The van der Waals surface area contributed by atoms with Crippen molar-refractivity contribution in [3.8, 4) is 0 Å². The van der Waals surface area contributed by atoms with E-state index in [0.717, 1.165) is 10.6 Å². The second-order valence-electron chi connectivity index (χ2n) is 7.03. The maximum absolute atomic E-state index is 12.5. The second kappa shape index (κ2) is 6.59. The third-order valence-corrected chi connectivity index (χ3v) is 5.68. The molecule has 26 heavy (non-hydrogen) atoms. The number of aryl methyl sites for hydroxylation is 1. The van der Waals surface area contributed by atoms with E-state index in [0.29, 0.717) is 32.5 Å². The Morgan fingerprint density at radius 1 is 1.12 bits per heavy atom. The molecule has 0 unspecified atom stereocenters. The molecule has 3 rings (SSSR count). The van der Waals surface area contributed by atoms with Gasteiger partial charge in [0.05, 0.1) is 0 Å². The molecule has 2 saturated heterocycles. The van der Waals surface area contributed by atoms with Gasteiger partial charge in [-0.05, 0) is 25.8 Å². The van der Waals surface area contributed by atoms with Gasteiger partial charge in [0.1, 0.15) is 5.54 Å². The topological polar surface area (TPSA) is 82.9 Å². The van der Waals surface area contributed by atoms with Crippen LogP contribution in [0.3, 0.4) is 0 Å². The van der Waals surface area contributed by atoms with Crippen LogP contribution >= 0.6 is 0 Å². The van der Waals surface area contributed by atoms with E-state index < -0.39 is 5.54 Å². The quantitative estimate of drug-likeness (QED) is 0.732. The van der Waals surface area contributed by atoms with E-state index in [-0.39, 0.29) is 29.8 Å². The van der Waals surface area contributed by atoms with Crippen LogP contribution in [-0.4, -0.2) is 69.8 Å². The minimum Gasteiger partial charge on any atom is -0.342 e. The largest absolute Gasteiger partial charge is 0.342 e. The van der Waals surface area contributed by atoms with Crippen molar-refractivity contribution in [2.45, 2.75) is 38.3 Å². The highest BCUT2D eigenvalue weighted by atomic mass is 16.2. The molecule has 0 atom stereocenters. The summed E-state index contributed by atoms with van der Waals surface area (Å²) < 4.78 is 1.59. The summed E-state index contributed by atoms with van der Waals surface area (Å²) in [5, 5.41) is 0. The first kappa shape index (κ1) is 18.2. The number of imide groups is 1. The summed E-state index contributed by atoms with van der Waals surface area (Å²) in [5.41, 5.74) is -0.118. The summed E-state index contributed by atoms with van der Waals surface area (Å²) in [6, 6.07) is 4.73. The van der Waals surface area contributed by atoms with Gasteiger partial charge >= 0.3 is 6.03 Å². The van der Waals surface area contributed by atoms with Gasteiger partial charge in [0.2, 0.25) is 5.91 Å². The molecule has 0 saturated carbocycles. The normalized spacial score (nSPS) is 19.6. The number of hydrogen-bond donors (Lipinski definition) is 0. The van der Waals surface area contributed by atoms with Crippen LogP contribution in [0.5, 0.6) is 0 Å². The number of amides is 4. The highest BCUT2D eigenvalue weighted by molar-refractivity contribution is 6.06. The summed E-state index contributed by atoms with van der Waals surface area (Å²) >= 11 is 0. The van der Waals surface area contributed by atoms with Crippen molar-refractivity contribution >= 4 is 17.8 Å². The second-order valence-corrected chi connectivity index (χ2v) is 7.03. The van der Waals surface area contributed by atoms with Crippen LogP contribution in [0.1, 0.15) is 25.0 Å². The molecule has 2 fully saturated rings. The van der Waals surface area contributed by atoms with E-state index in [4.69, 9.17) is 0 Å². The number of urea groups is 1. The smallest absolute Gasteiger partial charge is 0.327 e. The zero-order valence-electron chi connectivity index (χ0n) is 15.4. The van der Waals surface area contributed by atoms with Gasteiger partial charge in [-0.1, -0.05) is 6.07 Å². The van der Waals surface area contributed by atoms with Crippen LogP contribution in [0.2, 0.25) is 0 Å². The minimum atomic E-state index is -0.824. The van der Waals surface area contributed by atoms with Gasteiger partial charge in [-0.25, -0.2) is 4.79 Å². The molecule has 3 heterocycles. The number of nitrogens with zero attached hydrogens (tertiary/aromatic N) is 4. The predicted octanol–water partition coefficient (Wildman–Crippen LogP) is 0.432. The third-order valence-electron chi connectivity index (χ3n) is 5.68. The van der Waals surface area contributed by atoms with Crippen LogP contribution in [0.15, 0.2) is 23.0 Å². The molecule has 2 aliphatic rings. The van der Waals surface area contributed by atoms with Crippen LogP contribution in [0.25, 0.3) is 0 Å². The maximum atomic E-state index is 12.5. The molecule has 0 aromatic carbocycles. The number of likely N-dealkylation sites (N-methyl/N-ethyl adjacent to an activating group) is 2. The van der Waals surface area contributed by atoms with Crippen molar-refractivity contribution in [3.05, 3.63) is 34.2 Å². The van der Waals surface area contributed by atoms with E-state index in [9.17, 15) is 19.2 Å². The van der Waals surface area contributed by atoms with Crippen molar-refractivity contribution in [2.24, 2.45) is 0 Å². The monoisotopic (exact) mass is 360 g/mol. The van der Waals surface area contributed by atoms with Gasteiger partial charge in [0.15, 0.2) is 0 Å². The van der Waals surface area contributed by atoms with Gasteiger partial charge < -0.3 is 14.4 Å². The van der Waals surface area contributed by atoms with Crippen molar-refractivity contribution in [2.75, 3.05) is 27.2 Å². The Kier molecular flexibility index (Phi) is 4.60. The van der Waals surface area contributed by atoms with Crippen molar-refractivity contribution in [1.82, 2.24) is 19.3 Å². The molecule has 1 aromatic rings.